The van der Waals surface area contributed by atoms with Gasteiger partial charge < -0.3 is 5.73 Å². The molecule has 0 saturated carbocycles. The fourth-order valence-corrected chi connectivity index (χ4v) is 1.92. The van der Waals surface area contributed by atoms with Crippen molar-refractivity contribution in [2.75, 3.05) is 5.73 Å². The predicted molar refractivity (Wildman–Crippen MR) is 67.8 cm³/mol. The molecule has 0 aliphatic heterocycles. The number of nitrogens with two attached hydrogens (primary N) is 2. The molecule has 1 aromatic carbocycles. The number of halogens is 1. The average molecular weight is 249 g/mol. The molecule has 5 nitrogen and oxygen atoms in total. The third-order valence-electron chi connectivity index (χ3n) is 2.82. The van der Waals surface area contributed by atoms with Crippen LogP contribution in [0.15, 0.2) is 30.6 Å². The van der Waals surface area contributed by atoms with Gasteiger partial charge in [0.15, 0.2) is 0 Å². The second kappa shape index (κ2) is 5.16. The largest absolute Gasteiger partial charge is 0.398 e. The molecule has 1 aromatic heterocycles. The van der Waals surface area contributed by atoms with E-state index in [1.165, 1.54) is 18.2 Å². The van der Waals surface area contributed by atoms with Gasteiger partial charge in [-0.1, -0.05) is 0 Å². The lowest BCUT2D eigenvalue weighted by atomic mass is 9.99. The molecule has 0 bridgehead atoms. The van der Waals surface area contributed by atoms with Crippen LogP contribution in [0.25, 0.3) is 0 Å². The Morgan fingerprint density at radius 1 is 1.50 bits per heavy atom. The Morgan fingerprint density at radius 2 is 2.28 bits per heavy atom. The molecule has 0 aliphatic rings. The van der Waals surface area contributed by atoms with Gasteiger partial charge in [0.25, 0.3) is 0 Å². The number of hydrogen-bond acceptors (Lipinski definition) is 4. The first-order chi connectivity index (χ1) is 8.60. The molecule has 0 amide bonds. The Labute approximate surface area is 105 Å². The second-order valence-corrected chi connectivity index (χ2v) is 4.22. The van der Waals surface area contributed by atoms with E-state index in [4.69, 9.17) is 11.6 Å². The molecule has 1 unspecified atom stereocenters. The Morgan fingerprint density at radius 3 is 2.89 bits per heavy atom. The van der Waals surface area contributed by atoms with E-state index in [1.54, 1.807) is 10.9 Å². The molecule has 1 atom stereocenters. The molecule has 2 rings (SSSR count). The lowest BCUT2D eigenvalue weighted by Gasteiger charge is -2.17. The maximum atomic E-state index is 13.2. The van der Waals surface area contributed by atoms with E-state index in [0.717, 1.165) is 5.56 Å². The normalized spacial score (nSPS) is 12.6. The fraction of sp³-hybridized carbons (Fsp3) is 0.250. The highest BCUT2D eigenvalue weighted by Crippen LogP contribution is 2.24. The Balaban J connectivity index is 2.25. The first-order valence-corrected chi connectivity index (χ1v) is 5.58. The monoisotopic (exact) mass is 249 g/mol. The molecule has 2 aromatic rings. The van der Waals surface area contributed by atoms with E-state index in [-0.39, 0.29) is 11.9 Å². The zero-order valence-electron chi connectivity index (χ0n) is 10.1. The van der Waals surface area contributed by atoms with Crippen molar-refractivity contribution in [1.82, 2.24) is 15.2 Å². The highest BCUT2D eigenvalue weighted by Gasteiger charge is 2.15. The Kier molecular flexibility index (Phi) is 3.59. The number of benzene rings is 1. The summed E-state index contributed by atoms with van der Waals surface area (Å²) in [6.07, 6.45) is 4.23. The van der Waals surface area contributed by atoms with Gasteiger partial charge in [-0.15, -0.1) is 0 Å². The van der Waals surface area contributed by atoms with E-state index < -0.39 is 0 Å². The summed E-state index contributed by atoms with van der Waals surface area (Å²) >= 11 is 0. The molecule has 6 heteroatoms. The lowest BCUT2D eigenvalue weighted by molar-refractivity contribution is 0.546. The number of nitrogens with zero attached hydrogens (tertiary/aromatic N) is 2. The summed E-state index contributed by atoms with van der Waals surface area (Å²) in [4.78, 5) is 0. The zero-order valence-corrected chi connectivity index (χ0v) is 10.1. The van der Waals surface area contributed by atoms with Gasteiger partial charge in [0.05, 0.1) is 12.2 Å². The van der Waals surface area contributed by atoms with E-state index >= 15 is 0 Å². The average Bonchev–Trinajstić information content (AvgIpc) is 2.75. The number of hydrogen-bond donors (Lipinski definition) is 3. The molecule has 0 spiro atoms. The van der Waals surface area contributed by atoms with Crippen molar-refractivity contribution in [3.63, 3.8) is 0 Å². The number of nitrogens with one attached hydrogen (secondary N) is 1. The van der Waals surface area contributed by atoms with Crippen LogP contribution in [-0.4, -0.2) is 9.78 Å². The summed E-state index contributed by atoms with van der Waals surface area (Å²) < 4.78 is 15.0. The van der Waals surface area contributed by atoms with Gasteiger partial charge in [0, 0.05) is 18.9 Å². The van der Waals surface area contributed by atoms with Crippen LogP contribution in [0.2, 0.25) is 0 Å². The van der Waals surface area contributed by atoms with Gasteiger partial charge in [-0.05, 0) is 35.7 Å². The van der Waals surface area contributed by atoms with Crippen LogP contribution in [0.5, 0.6) is 0 Å². The number of hydrazine groups is 1. The highest BCUT2D eigenvalue weighted by molar-refractivity contribution is 5.48. The molecule has 0 aliphatic carbocycles. The number of rotatable bonds is 4. The summed E-state index contributed by atoms with van der Waals surface area (Å²) in [5, 5.41) is 4.08. The maximum absolute atomic E-state index is 13.2. The van der Waals surface area contributed by atoms with Crippen LogP contribution in [-0.2, 0) is 13.5 Å². The summed E-state index contributed by atoms with van der Waals surface area (Å²) in [5.41, 5.74) is 10.7. The smallest absolute Gasteiger partial charge is 0.123 e. The van der Waals surface area contributed by atoms with Crippen molar-refractivity contribution in [1.29, 1.82) is 0 Å². The predicted octanol–water partition coefficient (Wildman–Crippen LogP) is 0.888. The van der Waals surface area contributed by atoms with Gasteiger partial charge in [-0.3, -0.25) is 16.0 Å². The molecular formula is C12H16FN5. The number of aromatic nitrogens is 2. The number of aryl methyl sites for hydroxylation is 1. The number of nitrogen functional groups attached to an aromatic ring is 1. The minimum absolute atomic E-state index is 0.245. The van der Waals surface area contributed by atoms with Crippen LogP contribution < -0.4 is 17.0 Å². The van der Waals surface area contributed by atoms with Gasteiger partial charge in [-0.25, -0.2) is 4.39 Å². The lowest BCUT2D eigenvalue weighted by Crippen LogP contribution is -2.30. The molecular weight excluding hydrogens is 233 g/mol. The molecule has 0 saturated heterocycles. The quantitative estimate of drug-likeness (QED) is 0.427. The molecule has 0 fully saturated rings. The maximum Gasteiger partial charge on any atom is 0.123 e. The van der Waals surface area contributed by atoms with Gasteiger partial charge in [0.2, 0.25) is 0 Å². The molecule has 18 heavy (non-hydrogen) atoms. The van der Waals surface area contributed by atoms with Crippen LogP contribution in [0.1, 0.15) is 17.2 Å². The van der Waals surface area contributed by atoms with Crippen molar-refractivity contribution in [3.8, 4) is 0 Å². The van der Waals surface area contributed by atoms with E-state index in [1.807, 2.05) is 13.2 Å². The minimum atomic E-state index is -0.328. The minimum Gasteiger partial charge on any atom is -0.398 e. The first kappa shape index (κ1) is 12.5. The second-order valence-electron chi connectivity index (χ2n) is 4.22. The summed E-state index contributed by atoms with van der Waals surface area (Å²) in [5.74, 6) is 5.20. The summed E-state index contributed by atoms with van der Waals surface area (Å²) in [6, 6.07) is 4.02. The SMILES string of the molecule is Cn1cc(CC(NN)c2cc(F)ccc2N)cn1. The fourth-order valence-electron chi connectivity index (χ4n) is 1.92. The van der Waals surface area contributed by atoms with Crippen LogP contribution in [0.3, 0.4) is 0 Å². The van der Waals surface area contributed by atoms with Crippen molar-refractivity contribution < 1.29 is 4.39 Å². The molecule has 0 radical (unpaired) electrons. The topological polar surface area (TPSA) is 81.9 Å². The van der Waals surface area contributed by atoms with E-state index in [9.17, 15) is 4.39 Å². The summed E-state index contributed by atoms with van der Waals surface area (Å²) in [6.45, 7) is 0. The first-order valence-electron chi connectivity index (χ1n) is 5.58. The van der Waals surface area contributed by atoms with Gasteiger partial charge in [0.1, 0.15) is 5.82 Å². The third kappa shape index (κ3) is 2.66. The van der Waals surface area contributed by atoms with Crippen molar-refractivity contribution in [2.24, 2.45) is 12.9 Å². The van der Waals surface area contributed by atoms with Crippen LogP contribution >= 0.6 is 0 Å². The molecule has 1 heterocycles. The Bertz CT molecular complexity index is 537. The van der Waals surface area contributed by atoms with E-state index in [0.29, 0.717) is 17.7 Å². The van der Waals surface area contributed by atoms with Crippen LogP contribution in [0.4, 0.5) is 10.1 Å². The van der Waals surface area contributed by atoms with Crippen molar-refractivity contribution in [2.45, 2.75) is 12.5 Å². The molecule has 5 N–H and O–H groups in total. The standard InChI is InChI=1S/C12H16FN5/c1-18-7-8(6-16-18)4-12(17-15)10-5-9(13)2-3-11(10)14/h2-3,5-7,12,17H,4,14-15H2,1H3. The number of anilines is 1. The zero-order chi connectivity index (χ0) is 13.1. The third-order valence-corrected chi connectivity index (χ3v) is 2.82. The molecule has 96 valence electrons. The highest BCUT2D eigenvalue weighted by atomic mass is 19.1. The van der Waals surface area contributed by atoms with E-state index in [2.05, 4.69) is 10.5 Å². The Hall–Kier alpha value is -1.92. The van der Waals surface area contributed by atoms with Crippen molar-refractivity contribution in [3.05, 3.63) is 47.5 Å². The summed E-state index contributed by atoms with van der Waals surface area (Å²) in [7, 11) is 1.84. The van der Waals surface area contributed by atoms with Crippen molar-refractivity contribution >= 4 is 5.69 Å². The van der Waals surface area contributed by atoms with Crippen LogP contribution in [0, 0.1) is 5.82 Å². The van der Waals surface area contributed by atoms with Gasteiger partial charge in [-0.2, -0.15) is 5.10 Å². The van der Waals surface area contributed by atoms with Gasteiger partial charge >= 0.3 is 0 Å².